The fourth-order valence-corrected chi connectivity index (χ4v) is 0.544. The summed E-state index contributed by atoms with van der Waals surface area (Å²) >= 11 is 0. The zero-order valence-corrected chi connectivity index (χ0v) is 6.91. The van der Waals surface area contributed by atoms with Crippen LogP contribution in [0.5, 0.6) is 0 Å². The number of rotatable bonds is 0. The zero-order chi connectivity index (χ0) is 11.3. The Morgan fingerprint density at radius 2 is 1.21 bits per heavy atom. The van der Waals surface area contributed by atoms with Crippen molar-refractivity contribution in [3.63, 3.8) is 0 Å². The molecular formula is C8H4F5N. The molecular weight excluding hydrogens is 205 g/mol. The monoisotopic (exact) mass is 209 g/mol. The lowest BCUT2D eigenvalue weighted by atomic mass is 10.3. The first-order chi connectivity index (χ1) is 6.45. The standard InChI is InChI=1S/C6HF5.C2H3N/c7-2-1-3(8)5(10)6(11)4(2)9;1-2-3/h1H;1H3. The minimum absolute atomic E-state index is 0.0618. The summed E-state index contributed by atoms with van der Waals surface area (Å²) in [6.07, 6.45) is 0. The topological polar surface area (TPSA) is 23.8 Å². The van der Waals surface area contributed by atoms with Crippen LogP contribution < -0.4 is 0 Å². The first kappa shape index (κ1) is 12.4. The SMILES string of the molecule is CC#N.Fc1cc(F)c(F)c(F)c1F. The Kier molecular flexibility index (Phi) is 4.56. The summed E-state index contributed by atoms with van der Waals surface area (Å²) in [7, 11) is 0. The first-order valence-electron chi connectivity index (χ1n) is 3.25. The summed E-state index contributed by atoms with van der Waals surface area (Å²) in [6.45, 7) is 1.43. The number of nitrogens with zero attached hydrogens (tertiary/aromatic N) is 1. The Morgan fingerprint density at radius 1 is 0.929 bits per heavy atom. The van der Waals surface area contributed by atoms with Crippen LogP contribution in [0.15, 0.2) is 6.07 Å². The Bertz CT molecular complexity index is 343. The third-order valence-corrected chi connectivity index (χ3v) is 1.06. The van der Waals surface area contributed by atoms with Crippen molar-refractivity contribution >= 4 is 0 Å². The molecule has 0 aliphatic heterocycles. The van der Waals surface area contributed by atoms with E-state index < -0.39 is 29.1 Å². The summed E-state index contributed by atoms with van der Waals surface area (Å²) in [4.78, 5) is 0. The van der Waals surface area contributed by atoms with Crippen LogP contribution in [0.25, 0.3) is 0 Å². The van der Waals surface area contributed by atoms with Gasteiger partial charge in [0.05, 0.1) is 6.07 Å². The normalized spacial score (nSPS) is 8.64. The highest BCUT2D eigenvalue weighted by Gasteiger charge is 2.18. The summed E-state index contributed by atoms with van der Waals surface area (Å²) in [5.74, 6) is -9.65. The third-order valence-electron chi connectivity index (χ3n) is 1.06. The van der Waals surface area contributed by atoms with E-state index in [2.05, 4.69) is 0 Å². The highest BCUT2D eigenvalue weighted by molar-refractivity contribution is 5.12. The van der Waals surface area contributed by atoms with E-state index in [4.69, 9.17) is 5.26 Å². The second kappa shape index (κ2) is 5.17. The molecule has 0 saturated carbocycles. The molecule has 1 aromatic carbocycles. The molecule has 0 heterocycles. The van der Waals surface area contributed by atoms with Crippen molar-refractivity contribution < 1.29 is 22.0 Å². The van der Waals surface area contributed by atoms with Crippen molar-refractivity contribution in [2.45, 2.75) is 6.92 Å². The third kappa shape index (κ3) is 2.69. The zero-order valence-electron chi connectivity index (χ0n) is 6.91. The summed E-state index contributed by atoms with van der Waals surface area (Å²) < 4.78 is 60.0. The predicted molar refractivity (Wildman–Crippen MR) is 37.5 cm³/mol. The van der Waals surface area contributed by atoms with Gasteiger partial charge in [0, 0.05) is 13.0 Å². The maximum atomic E-state index is 12.0. The lowest BCUT2D eigenvalue weighted by Crippen LogP contribution is -1.98. The van der Waals surface area contributed by atoms with Gasteiger partial charge in [-0.05, 0) is 0 Å². The fraction of sp³-hybridized carbons (Fsp3) is 0.125. The molecule has 0 saturated heterocycles. The van der Waals surface area contributed by atoms with Gasteiger partial charge in [-0.2, -0.15) is 5.26 Å². The van der Waals surface area contributed by atoms with Crippen LogP contribution >= 0.6 is 0 Å². The smallest absolute Gasteiger partial charge is 0.200 e. The molecule has 0 fully saturated rings. The summed E-state index contributed by atoms with van der Waals surface area (Å²) in [6, 6.07) is 1.69. The van der Waals surface area contributed by atoms with Gasteiger partial charge in [0.25, 0.3) is 0 Å². The molecule has 0 aliphatic carbocycles. The molecule has 0 spiro atoms. The molecule has 1 rings (SSSR count). The van der Waals surface area contributed by atoms with E-state index in [1.807, 2.05) is 0 Å². The van der Waals surface area contributed by atoms with Crippen molar-refractivity contribution in [2.75, 3.05) is 0 Å². The summed E-state index contributed by atoms with van der Waals surface area (Å²) in [5, 5.41) is 7.32. The van der Waals surface area contributed by atoms with Crippen LogP contribution in [0.3, 0.4) is 0 Å². The Labute approximate surface area is 76.4 Å². The van der Waals surface area contributed by atoms with E-state index in [-0.39, 0.29) is 6.07 Å². The van der Waals surface area contributed by atoms with Crippen molar-refractivity contribution in [1.29, 1.82) is 5.26 Å². The van der Waals surface area contributed by atoms with Crippen molar-refractivity contribution in [3.05, 3.63) is 35.2 Å². The van der Waals surface area contributed by atoms with Crippen LogP contribution in [0, 0.1) is 40.4 Å². The quantitative estimate of drug-likeness (QED) is 0.366. The Balaban J connectivity index is 0.000000500. The molecule has 14 heavy (non-hydrogen) atoms. The van der Waals surface area contributed by atoms with E-state index in [0.717, 1.165) is 0 Å². The van der Waals surface area contributed by atoms with E-state index in [1.165, 1.54) is 6.92 Å². The van der Waals surface area contributed by atoms with Gasteiger partial charge in [-0.1, -0.05) is 0 Å². The van der Waals surface area contributed by atoms with Crippen LogP contribution in [-0.2, 0) is 0 Å². The molecule has 76 valence electrons. The molecule has 0 radical (unpaired) electrons. The van der Waals surface area contributed by atoms with E-state index in [0.29, 0.717) is 0 Å². The minimum Gasteiger partial charge on any atom is -0.204 e. The van der Waals surface area contributed by atoms with Gasteiger partial charge >= 0.3 is 0 Å². The Morgan fingerprint density at radius 3 is 1.50 bits per heavy atom. The van der Waals surface area contributed by atoms with Gasteiger partial charge in [-0.25, -0.2) is 22.0 Å². The summed E-state index contributed by atoms with van der Waals surface area (Å²) in [5.41, 5.74) is 0. The number of nitriles is 1. The molecule has 0 unspecified atom stereocenters. The van der Waals surface area contributed by atoms with Crippen molar-refractivity contribution in [1.82, 2.24) is 0 Å². The largest absolute Gasteiger partial charge is 0.204 e. The van der Waals surface area contributed by atoms with Gasteiger partial charge in [-0.3, -0.25) is 0 Å². The van der Waals surface area contributed by atoms with E-state index >= 15 is 0 Å². The van der Waals surface area contributed by atoms with E-state index in [1.54, 1.807) is 6.07 Å². The van der Waals surface area contributed by atoms with Crippen LogP contribution in [0.1, 0.15) is 6.92 Å². The molecule has 1 nitrogen and oxygen atoms in total. The molecule has 0 amide bonds. The second-order valence-corrected chi connectivity index (χ2v) is 2.01. The molecule has 0 aromatic heterocycles. The molecule has 0 N–H and O–H groups in total. The maximum Gasteiger partial charge on any atom is 0.200 e. The second-order valence-electron chi connectivity index (χ2n) is 2.01. The maximum absolute atomic E-state index is 12.0. The molecule has 0 aliphatic rings. The fourth-order valence-electron chi connectivity index (χ4n) is 0.544. The van der Waals surface area contributed by atoms with Gasteiger partial charge < -0.3 is 0 Å². The highest BCUT2D eigenvalue weighted by Crippen LogP contribution is 2.16. The Hall–Kier alpha value is -1.64. The van der Waals surface area contributed by atoms with Crippen molar-refractivity contribution in [3.8, 4) is 6.07 Å². The van der Waals surface area contributed by atoms with Crippen LogP contribution in [0.4, 0.5) is 22.0 Å². The number of hydrogen-bond donors (Lipinski definition) is 0. The number of benzene rings is 1. The molecule has 0 atom stereocenters. The first-order valence-corrected chi connectivity index (χ1v) is 3.25. The van der Waals surface area contributed by atoms with Crippen LogP contribution in [-0.4, -0.2) is 0 Å². The van der Waals surface area contributed by atoms with Crippen LogP contribution in [0.2, 0.25) is 0 Å². The van der Waals surface area contributed by atoms with Crippen molar-refractivity contribution in [2.24, 2.45) is 0 Å². The van der Waals surface area contributed by atoms with Gasteiger partial charge in [0.1, 0.15) is 0 Å². The lowest BCUT2D eigenvalue weighted by Gasteiger charge is -1.96. The minimum atomic E-state index is -2.14. The average Bonchev–Trinajstić information content (AvgIpc) is 2.13. The van der Waals surface area contributed by atoms with E-state index in [9.17, 15) is 22.0 Å². The average molecular weight is 209 g/mol. The van der Waals surface area contributed by atoms with Gasteiger partial charge in [0.2, 0.25) is 5.82 Å². The highest BCUT2D eigenvalue weighted by atomic mass is 19.2. The lowest BCUT2D eigenvalue weighted by molar-refractivity contribution is 0.378. The molecule has 0 bridgehead atoms. The predicted octanol–water partition coefficient (Wildman–Crippen LogP) is 2.91. The van der Waals surface area contributed by atoms with Gasteiger partial charge in [0.15, 0.2) is 23.3 Å². The number of hydrogen-bond acceptors (Lipinski definition) is 1. The molecule has 6 heteroatoms. The number of halogens is 5. The van der Waals surface area contributed by atoms with Gasteiger partial charge in [-0.15, -0.1) is 0 Å². The molecule has 1 aromatic rings.